The molecule has 6 rings (SSSR count). The highest BCUT2D eigenvalue weighted by atomic mass is 28.3. The highest BCUT2D eigenvalue weighted by Crippen LogP contribution is 2.61. The van der Waals surface area contributed by atoms with E-state index >= 15 is 0 Å². The first kappa shape index (κ1) is 24.8. The topological polar surface area (TPSA) is 51.6 Å². The van der Waals surface area contributed by atoms with Crippen molar-refractivity contribution in [1.82, 2.24) is 20.4 Å². The number of hydrogen-bond acceptors (Lipinski definition) is 4. The highest BCUT2D eigenvalue weighted by Gasteiger charge is 2.59. The third-order valence-corrected chi connectivity index (χ3v) is 13.6. The Kier molecular flexibility index (Phi) is 6.37. The van der Waals surface area contributed by atoms with E-state index in [1.807, 2.05) is 12.1 Å². The van der Waals surface area contributed by atoms with E-state index in [1.54, 1.807) is 12.4 Å². The van der Waals surface area contributed by atoms with E-state index in [0.29, 0.717) is 0 Å². The van der Waals surface area contributed by atoms with Crippen LogP contribution in [0.2, 0.25) is 5.04 Å². The van der Waals surface area contributed by atoms with E-state index in [0.717, 1.165) is 22.5 Å². The summed E-state index contributed by atoms with van der Waals surface area (Å²) in [4.78, 5) is 0. The van der Waals surface area contributed by atoms with Gasteiger partial charge in [0.25, 0.3) is 0 Å². The second-order valence-corrected chi connectivity index (χ2v) is 15.4. The molecule has 0 unspecified atom stereocenters. The van der Waals surface area contributed by atoms with Crippen LogP contribution < -0.4 is 5.19 Å². The van der Waals surface area contributed by atoms with Crippen LogP contribution in [0.4, 0.5) is 0 Å². The van der Waals surface area contributed by atoms with Crippen molar-refractivity contribution >= 4 is 34.8 Å². The normalized spacial score (nSPS) is 15.1. The quantitative estimate of drug-likeness (QED) is 0.232. The van der Waals surface area contributed by atoms with Crippen LogP contribution in [-0.4, -0.2) is 28.5 Å². The Morgan fingerprint density at radius 1 is 0.487 bits per heavy atom. The number of nitrogens with zero attached hydrogens (tertiary/aromatic N) is 4. The smallest absolute Gasteiger partial charge is 0.159 e. The minimum atomic E-state index is -2.89. The molecule has 0 bridgehead atoms. The molecule has 39 heavy (non-hydrogen) atoms. The fourth-order valence-corrected chi connectivity index (χ4v) is 12.4. The van der Waals surface area contributed by atoms with E-state index < -0.39 is 8.07 Å². The van der Waals surface area contributed by atoms with E-state index in [1.165, 1.54) is 26.7 Å². The minimum absolute atomic E-state index is 0.162. The van der Waals surface area contributed by atoms with Crippen molar-refractivity contribution in [2.24, 2.45) is 0 Å². The van der Waals surface area contributed by atoms with Crippen LogP contribution in [0.3, 0.4) is 0 Å². The van der Waals surface area contributed by atoms with Gasteiger partial charge in [-0.15, -0.1) is 0 Å². The van der Waals surface area contributed by atoms with Crippen molar-refractivity contribution in [2.45, 2.75) is 25.8 Å². The predicted octanol–water partition coefficient (Wildman–Crippen LogP) is 7.04. The summed E-state index contributed by atoms with van der Waals surface area (Å²) < 4.78 is 0. The van der Waals surface area contributed by atoms with Gasteiger partial charge in [-0.05, 0) is 67.2 Å². The van der Waals surface area contributed by atoms with Gasteiger partial charge in [-0.1, -0.05) is 112 Å². The Labute approximate surface area is 230 Å². The molecule has 2 aromatic heterocycles. The Morgan fingerprint density at radius 3 is 1.26 bits per heavy atom. The van der Waals surface area contributed by atoms with Gasteiger partial charge in [0.2, 0.25) is 0 Å². The first-order valence-electron chi connectivity index (χ1n) is 13.3. The average molecular weight is 523 g/mol. The number of benzene rings is 3. The Balaban J connectivity index is 1.91. The second-order valence-electron chi connectivity index (χ2n) is 10.8. The van der Waals surface area contributed by atoms with Gasteiger partial charge in [-0.3, -0.25) is 0 Å². The second kappa shape index (κ2) is 10.0. The molecule has 0 N–H and O–H groups in total. The highest BCUT2D eigenvalue weighted by molar-refractivity contribution is 7.23. The largest absolute Gasteiger partial charge is 0.160 e. The molecule has 5 heteroatoms. The molecular formula is C34H30N4Si. The van der Waals surface area contributed by atoms with Crippen molar-refractivity contribution in [1.29, 1.82) is 0 Å². The molecule has 0 saturated heterocycles. The molecule has 0 radical (unpaired) electrons. The molecular weight excluding hydrogens is 492 g/mol. The molecule has 190 valence electrons. The summed E-state index contributed by atoms with van der Waals surface area (Å²) in [5.74, 6) is 0. The Hall–Kier alpha value is -4.48. The standard InChI is InChI=1S/C34H30N4Si/c1-34(2,3)39(27-19-11-6-12-20-27)32(28-21-13-23-35-37-28)30(25-15-7-4-8-16-25)31(26-17-9-5-10-18-26)33(39)29-22-14-24-36-38-29/h4-24H,1-3H3. The Bertz CT molecular complexity index is 1540. The zero-order chi connectivity index (χ0) is 26.9. The zero-order valence-electron chi connectivity index (χ0n) is 22.4. The number of aromatic nitrogens is 4. The minimum Gasteiger partial charge on any atom is -0.159 e. The lowest BCUT2D eigenvalue weighted by Crippen LogP contribution is -2.56. The average Bonchev–Trinajstić information content (AvgIpc) is 3.33. The molecule has 0 saturated carbocycles. The van der Waals surface area contributed by atoms with Crippen LogP contribution in [0.25, 0.3) is 21.5 Å². The molecule has 3 heterocycles. The summed E-state index contributed by atoms with van der Waals surface area (Å²) >= 11 is 0. The first-order valence-corrected chi connectivity index (χ1v) is 15.3. The van der Waals surface area contributed by atoms with Crippen LogP contribution in [0.1, 0.15) is 43.3 Å². The molecule has 5 aromatic rings. The van der Waals surface area contributed by atoms with Gasteiger partial charge < -0.3 is 0 Å². The van der Waals surface area contributed by atoms with Gasteiger partial charge in [0.15, 0.2) is 8.07 Å². The van der Waals surface area contributed by atoms with E-state index in [-0.39, 0.29) is 5.04 Å². The molecule has 1 aliphatic rings. The molecule has 0 aliphatic carbocycles. The number of hydrogen-bond donors (Lipinski definition) is 0. The molecule has 0 spiro atoms. The summed E-state index contributed by atoms with van der Waals surface area (Å²) in [6.45, 7) is 7.11. The van der Waals surface area contributed by atoms with Gasteiger partial charge in [0.05, 0.1) is 11.4 Å². The van der Waals surface area contributed by atoms with Gasteiger partial charge >= 0.3 is 0 Å². The first-order chi connectivity index (χ1) is 19.0. The predicted molar refractivity (Wildman–Crippen MR) is 162 cm³/mol. The number of allylic oxidation sites excluding steroid dienone is 2. The summed E-state index contributed by atoms with van der Waals surface area (Å²) in [6.07, 6.45) is 3.50. The van der Waals surface area contributed by atoms with E-state index in [9.17, 15) is 0 Å². The molecule has 0 amide bonds. The fourth-order valence-electron chi connectivity index (χ4n) is 6.21. The van der Waals surface area contributed by atoms with Crippen LogP contribution in [0, 0.1) is 0 Å². The van der Waals surface area contributed by atoms with E-state index in [4.69, 9.17) is 10.2 Å². The molecule has 3 aromatic carbocycles. The molecule has 0 fully saturated rings. The van der Waals surface area contributed by atoms with Crippen molar-refractivity contribution in [3.8, 4) is 0 Å². The summed E-state index contributed by atoms with van der Waals surface area (Å²) in [6, 6.07) is 40.6. The lowest BCUT2D eigenvalue weighted by Gasteiger charge is -2.44. The fraction of sp³-hybridized carbons (Fsp3) is 0.118. The third kappa shape index (κ3) is 4.06. The van der Waals surface area contributed by atoms with Crippen molar-refractivity contribution in [2.75, 3.05) is 0 Å². The van der Waals surface area contributed by atoms with Gasteiger partial charge in [-0.25, -0.2) is 0 Å². The summed E-state index contributed by atoms with van der Waals surface area (Å²) in [5.41, 5.74) is 6.55. The molecule has 1 aliphatic heterocycles. The van der Waals surface area contributed by atoms with Crippen LogP contribution in [0.15, 0.2) is 128 Å². The number of rotatable bonds is 5. The van der Waals surface area contributed by atoms with Crippen molar-refractivity contribution < 1.29 is 0 Å². The molecule has 4 nitrogen and oxygen atoms in total. The maximum absolute atomic E-state index is 4.79. The van der Waals surface area contributed by atoms with E-state index in [2.05, 4.69) is 134 Å². The third-order valence-electron chi connectivity index (χ3n) is 7.61. The van der Waals surface area contributed by atoms with Gasteiger partial charge in [0.1, 0.15) is 0 Å². The maximum atomic E-state index is 4.79. The van der Waals surface area contributed by atoms with Crippen LogP contribution in [0.5, 0.6) is 0 Å². The van der Waals surface area contributed by atoms with Crippen molar-refractivity contribution in [3.05, 3.63) is 150 Å². The SMILES string of the molecule is CC(C)(C)[Si]1(c2ccccc2)C(c2cccnn2)=C(c2ccccc2)C(c2ccccc2)=C1c1cccnn1. The lowest BCUT2D eigenvalue weighted by molar-refractivity contribution is 0.740. The monoisotopic (exact) mass is 522 g/mol. The lowest BCUT2D eigenvalue weighted by atomic mass is 9.90. The summed E-state index contributed by atoms with van der Waals surface area (Å²) in [5, 5.41) is 22.0. The van der Waals surface area contributed by atoms with Crippen LogP contribution in [-0.2, 0) is 0 Å². The van der Waals surface area contributed by atoms with Gasteiger partial charge in [-0.2, -0.15) is 20.4 Å². The maximum Gasteiger partial charge on any atom is 0.160 e. The molecule has 0 atom stereocenters. The Morgan fingerprint density at radius 2 is 0.897 bits per heavy atom. The van der Waals surface area contributed by atoms with Gasteiger partial charge in [0, 0.05) is 12.4 Å². The zero-order valence-corrected chi connectivity index (χ0v) is 23.4. The van der Waals surface area contributed by atoms with Crippen LogP contribution >= 0.6 is 0 Å². The summed E-state index contributed by atoms with van der Waals surface area (Å²) in [7, 11) is -2.89. The van der Waals surface area contributed by atoms with Crippen molar-refractivity contribution in [3.63, 3.8) is 0 Å².